The van der Waals surface area contributed by atoms with Crippen LogP contribution in [0, 0.1) is 5.82 Å². The van der Waals surface area contributed by atoms with Crippen molar-refractivity contribution in [3.8, 4) is 5.75 Å². The summed E-state index contributed by atoms with van der Waals surface area (Å²) < 4.78 is 24.9. The zero-order chi connectivity index (χ0) is 21.6. The van der Waals surface area contributed by atoms with E-state index in [1.165, 1.54) is 12.1 Å². The lowest BCUT2D eigenvalue weighted by Gasteiger charge is -2.07. The number of allylic oxidation sites excluding steroid dienone is 1. The molecule has 1 heterocycles. The van der Waals surface area contributed by atoms with Crippen LogP contribution in [-0.2, 0) is 0 Å². The number of oxazole rings is 1. The molecule has 1 aromatic heterocycles. The van der Waals surface area contributed by atoms with Gasteiger partial charge in [0, 0.05) is 5.56 Å². The molecular formula is C26H22FNO3. The molecule has 4 rings (SSSR count). The molecule has 0 spiro atoms. The number of fused-ring (bicyclic) bond motifs is 1. The SMILES string of the molecule is CCCCOc1ccc(C(=O)C(=Cc2ccc(F)cc2)c2nc3ccccc3o2)cc1. The van der Waals surface area contributed by atoms with Crippen molar-refractivity contribution in [1.82, 2.24) is 4.98 Å². The number of carbonyl (C=O) groups is 1. The number of hydrogen-bond donors (Lipinski definition) is 0. The summed E-state index contributed by atoms with van der Waals surface area (Å²) in [6.07, 6.45) is 3.69. The van der Waals surface area contributed by atoms with Gasteiger partial charge in [0.25, 0.3) is 0 Å². The Bertz CT molecular complexity index is 1170. The highest BCUT2D eigenvalue weighted by atomic mass is 19.1. The Morgan fingerprint density at radius 2 is 1.77 bits per heavy atom. The van der Waals surface area contributed by atoms with Crippen molar-refractivity contribution in [2.24, 2.45) is 0 Å². The average Bonchev–Trinajstić information content (AvgIpc) is 3.23. The van der Waals surface area contributed by atoms with E-state index >= 15 is 0 Å². The van der Waals surface area contributed by atoms with Gasteiger partial charge >= 0.3 is 0 Å². The summed E-state index contributed by atoms with van der Waals surface area (Å²) in [5, 5.41) is 0. The summed E-state index contributed by atoms with van der Waals surface area (Å²) in [6.45, 7) is 2.74. The maximum atomic E-state index is 13.4. The normalized spacial score (nSPS) is 11.6. The number of Topliss-reactive ketones (excluding diaryl/α,β-unsaturated/α-hetero) is 1. The van der Waals surface area contributed by atoms with Gasteiger partial charge in [0.2, 0.25) is 5.89 Å². The number of ketones is 1. The van der Waals surface area contributed by atoms with Gasteiger partial charge in [0.05, 0.1) is 12.2 Å². The van der Waals surface area contributed by atoms with E-state index in [-0.39, 0.29) is 17.5 Å². The molecular weight excluding hydrogens is 393 g/mol. The Morgan fingerprint density at radius 3 is 2.48 bits per heavy atom. The third kappa shape index (κ3) is 4.89. The van der Waals surface area contributed by atoms with Crippen molar-refractivity contribution in [3.63, 3.8) is 0 Å². The molecule has 0 saturated carbocycles. The second-order valence-corrected chi connectivity index (χ2v) is 7.15. The molecule has 0 saturated heterocycles. The Kier molecular flexibility index (Phi) is 6.22. The summed E-state index contributed by atoms with van der Waals surface area (Å²) in [5.74, 6) is 0.358. The van der Waals surface area contributed by atoms with E-state index < -0.39 is 0 Å². The number of hydrogen-bond acceptors (Lipinski definition) is 4. The molecule has 31 heavy (non-hydrogen) atoms. The van der Waals surface area contributed by atoms with Gasteiger partial charge < -0.3 is 9.15 Å². The fourth-order valence-corrected chi connectivity index (χ4v) is 3.13. The monoisotopic (exact) mass is 415 g/mol. The van der Waals surface area contributed by atoms with Gasteiger partial charge in [-0.25, -0.2) is 9.37 Å². The third-order valence-corrected chi connectivity index (χ3v) is 4.83. The standard InChI is InChI=1S/C26H22FNO3/c1-2-3-16-30-21-14-10-19(11-15-21)25(29)22(17-18-8-12-20(27)13-9-18)26-28-23-6-4-5-7-24(23)31-26/h4-15,17H,2-3,16H2,1H3. The number of unbranched alkanes of at least 4 members (excludes halogenated alkanes) is 1. The van der Waals surface area contributed by atoms with Crippen LogP contribution in [0.2, 0.25) is 0 Å². The molecule has 3 aromatic carbocycles. The Labute approximate surface area is 180 Å². The second kappa shape index (κ2) is 9.39. The first-order chi connectivity index (χ1) is 15.1. The third-order valence-electron chi connectivity index (χ3n) is 4.83. The fourth-order valence-electron chi connectivity index (χ4n) is 3.13. The molecule has 156 valence electrons. The van der Waals surface area contributed by atoms with Crippen LogP contribution in [0.15, 0.2) is 77.2 Å². The number of carbonyl (C=O) groups excluding carboxylic acids is 1. The summed E-state index contributed by atoms with van der Waals surface area (Å²) >= 11 is 0. The van der Waals surface area contributed by atoms with Crippen LogP contribution in [0.3, 0.4) is 0 Å². The molecule has 0 fully saturated rings. The number of nitrogens with zero attached hydrogens (tertiary/aromatic N) is 1. The average molecular weight is 415 g/mol. The molecule has 4 nitrogen and oxygen atoms in total. The van der Waals surface area contributed by atoms with Crippen molar-refractivity contribution in [3.05, 3.63) is 95.6 Å². The van der Waals surface area contributed by atoms with E-state index in [9.17, 15) is 9.18 Å². The Morgan fingerprint density at radius 1 is 1.03 bits per heavy atom. The van der Waals surface area contributed by atoms with Gasteiger partial charge in [0.1, 0.15) is 17.1 Å². The van der Waals surface area contributed by atoms with E-state index in [4.69, 9.17) is 9.15 Å². The minimum Gasteiger partial charge on any atom is -0.494 e. The predicted molar refractivity (Wildman–Crippen MR) is 119 cm³/mol. The van der Waals surface area contributed by atoms with Crippen molar-refractivity contribution in [2.75, 3.05) is 6.61 Å². The van der Waals surface area contributed by atoms with Crippen molar-refractivity contribution in [2.45, 2.75) is 19.8 Å². The second-order valence-electron chi connectivity index (χ2n) is 7.15. The Balaban J connectivity index is 1.69. The van der Waals surface area contributed by atoms with E-state index in [1.807, 2.05) is 18.2 Å². The van der Waals surface area contributed by atoms with Crippen LogP contribution in [0.25, 0.3) is 22.7 Å². The minimum absolute atomic E-state index is 0.221. The van der Waals surface area contributed by atoms with E-state index in [0.717, 1.165) is 18.6 Å². The van der Waals surface area contributed by atoms with Gasteiger partial charge in [-0.05, 0) is 66.6 Å². The number of benzene rings is 3. The topological polar surface area (TPSA) is 52.3 Å². The molecule has 0 atom stereocenters. The smallest absolute Gasteiger partial charge is 0.231 e. The van der Waals surface area contributed by atoms with Crippen LogP contribution >= 0.6 is 0 Å². The zero-order valence-corrected chi connectivity index (χ0v) is 17.2. The minimum atomic E-state index is -0.342. The van der Waals surface area contributed by atoms with Crippen molar-refractivity contribution >= 4 is 28.5 Å². The molecule has 0 amide bonds. The molecule has 0 aliphatic carbocycles. The van der Waals surface area contributed by atoms with Crippen molar-refractivity contribution < 1.29 is 18.3 Å². The highest BCUT2D eigenvalue weighted by Gasteiger charge is 2.20. The number of para-hydroxylation sites is 2. The van der Waals surface area contributed by atoms with Crippen LogP contribution in [-0.4, -0.2) is 17.4 Å². The maximum Gasteiger partial charge on any atom is 0.231 e. The lowest BCUT2D eigenvalue weighted by atomic mass is 10.0. The fraction of sp³-hybridized carbons (Fsp3) is 0.154. The molecule has 0 radical (unpaired) electrons. The van der Waals surface area contributed by atoms with Gasteiger partial charge in [0.15, 0.2) is 11.4 Å². The molecule has 0 N–H and O–H groups in total. The highest BCUT2D eigenvalue weighted by Crippen LogP contribution is 2.27. The lowest BCUT2D eigenvalue weighted by molar-refractivity contribution is 0.105. The molecule has 0 aliphatic heterocycles. The molecule has 0 unspecified atom stereocenters. The zero-order valence-electron chi connectivity index (χ0n) is 17.2. The quantitative estimate of drug-likeness (QED) is 0.186. The first kappa shape index (κ1) is 20.5. The molecule has 0 aliphatic rings. The molecule has 4 aromatic rings. The van der Waals surface area contributed by atoms with Crippen molar-refractivity contribution in [1.29, 1.82) is 0 Å². The van der Waals surface area contributed by atoms with Gasteiger partial charge in [-0.15, -0.1) is 0 Å². The summed E-state index contributed by atoms with van der Waals surface area (Å²) in [4.78, 5) is 17.9. The Hall–Kier alpha value is -3.73. The summed E-state index contributed by atoms with van der Waals surface area (Å²) in [5.41, 5.74) is 2.71. The maximum absolute atomic E-state index is 13.4. The summed E-state index contributed by atoms with van der Waals surface area (Å²) in [6, 6.07) is 20.3. The van der Waals surface area contributed by atoms with E-state index in [0.29, 0.717) is 34.4 Å². The highest BCUT2D eigenvalue weighted by molar-refractivity contribution is 6.31. The largest absolute Gasteiger partial charge is 0.494 e. The van der Waals surface area contributed by atoms with Gasteiger partial charge in [-0.3, -0.25) is 4.79 Å². The van der Waals surface area contributed by atoms with Crippen LogP contribution in [0.1, 0.15) is 41.6 Å². The summed E-state index contributed by atoms with van der Waals surface area (Å²) in [7, 11) is 0. The number of ether oxygens (including phenoxy) is 1. The number of rotatable bonds is 8. The number of halogens is 1. The van der Waals surface area contributed by atoms with Crippen LogP contribution in [0.4, 0.5) is 4.39 Å². The first-order valence-electron chi connectivity index (χ1n) is 10.2. The van der Waals surface area contributed by atoms with E-state index in [1.54, 1.807) is 48.5 Å². The number of aromatic nitrogens is 1. The first-order valence-corrected chi connectivity index (χ1v) is 10.2. The van der Waals surface area contributed by atoms with E-state index in [2.05, 4.69) is 11.9 Å². The predicted octanol–water partition coefficient (Wildman–Crippen LogP) is 6.57. The molecule has 5 heteroatoms. The van der Waals surface area contributed by atoms with Crippen LogP contribution < -0.4 is 4.74 Å². The van der Waals surface area contributed by atoms with Gasteiger partial charge in [-0.2, -0.15) is 0 Å². The van der Waals surface area contributed by atoms with Crippen LogP contribution in [0.5, 0.6) is 5.75 Å². The lowest BCUT2D eigenvalue weighted by Crippen LogP contribution is -2.04. The molecule has 0 bridgehead atoms. The van der Waals surface area contributed by atoms with Gasteiger partial charge in [-0.1, -0.05) is 37.6 Å².